The van der Waals surface area contributed by atoms with Crippen molar-refractivity contribution in [1.82, 2.24) is 4.90 Å². The summed E-state index contributed by atoms with van der Waals surface area (Å²) < 4.78 is 26.8. The lowest BCUT2D eigenvalue weighted by molar-refractivity contribution is 0.132. The molecule has 1 aliphatic carbocycles. The van der Waals surface area contributed by atoms with Gasteiger partial charge < -0.3 is 10.2 Å². The number of likely N-dealkylation sites (tertiary alicyclic amines) is 1. The van der Waals surface area contributed by atoms with Crippen molar-refractivity contribution in [3.63, 3.8) is 0 Å². The third-order valence-corrected chi connectivity index (χ3v) is 5.18. The zero-order chi connectivity index (χ0) is 16.1. The van der Waals surface area contributed by atoms with Gasteiger partial charge in [-0.2, -0.15) is 0 Å². The average Bonchev–Trinajstić information content (AvgIpc) is 2.62. The Bertz CT molecular complexity index is 617. The first-order chi connectivity index (χ1) is 10.2. The molecule has 2 unspecified atom stereocenters. The number of hydrogen-bond acceptors (Lipinski definition) is 1. The molecule has 120 valence electrons. The largest absolute Gasteiger partial charge is 0.345 e. The van der Waals surface area contributed by atoms with Crippen LogP contribution < -0.4 is 5.32 Å². The summed E-state index contributed by atoms with van der Waals surface area (Å²) in [5.41, 5.74) is 0.806. The fourth-order valence-corrected chi connectivity index (χ4v) is 4.80. The van der Waals surface area contributed by atoms with Crippen molar-refractivity contribution in [1.29, 1.82) is 0 Å². The van der Waals surface area contributed by atoms with Crippen LogP contribution in [-0.2, 0) is 0 Å². The van der Waals surface area contributed by atoms with Crippen molar-refractivity contribution >= 4 is 23.0 Å². The van der Waals surface area contributed by atoms with Gasteiger partial charge in [-0.1, -0.05) is 20.8 Å². The summed E-state index contributed by atoms with van der Waals surface area (Å²) in [5.74, 6) is -1.20. The Morgan fingerprint density at radius 1 is 1.27 bits per heavy atom. The van der Waals surface area contributed by atoms with E-state index >= 15 is 0 Å². The van der Waals surface area contributed by atoms with Crippen LogP contribution in [0.5, 0.6) is 0 Å². The highest BCUT2D eigenvalue weighted by Gasteiger charge is 2.50. The molecule has 2 fully saturated rings. The molecule has 0 amide bonds. The zero-order valence-electron chi connectivity index (χ0n) is 13.2. The van der Waals surface area contributed by atoms with Crippen LogP contribution >= 0.6 is 12.2 Å². The lowest BCUT2D eigenvalue weighted by atomic mass is 9.65. The second kappa shape index (κ2) is 5.15. The van der Waals surface area contributed by atoms with Gasteiger partial charge in [0.2, 0.25) is 0 Å². The number of fused-ring (bicyclic) bond motifs is 2. The summed E-state index contributed by atoms with van der Waals surface area (Å²) in [6, 6.07) is 3.90. The van der Waals surface area contributed by atoms with E-state index in [-0.39, 0.29) is 11.1 Å². The lowest BCUT2D eigenvalue weighted by Crippen LogP contribution is -2.40. The summed E-state index contributed by atoms with van der Waals surface area (Å²) >= 11 is 5.49. The standard InChI is InChI=1S/C17H22F2N2S/c1-16(2)7-12-8-17(3,9-16)10-21(12)15(22)20-14-5-4-11(18)6-13(14)19/h4-6,12H,7-10H2,1-3H3,(H,20,22). The average molecular weight is 324 g/mol. The number of nitrogens with zero attached hydrogens (tertiary/aromatic N) is 1. The molecule has 2 bridgehead atoms. The third kappa shape index (κ3) is 2.96. The Hall–Kier alpha value is -1.23. The summed E-state index contributed by atoms with van der Waals surface area (Å²) in [6.45, 7) is 7.81. The van der Waals surface area contributed by atoms with E-state index < -0.39 is 11.6 Å². The maximum absolute atomic E-state index is 13.8. The highest BCUT2D eigenvalue weighted by atomic mass is 32.1. The molecule has 2 aliphatic rings. The van der Waals surface area contributed by atoms with E-state index in [4.69, 9.17) is 12.2 Å². The molecule has 1 N–H and O–H groups in total. The molecule has 3 rings (SSSR count). The van der Waals surface area contributed by atoms with E-state index in [1.54, 1.807) is 0 Å². The first-order valence-electron chi connectivity index (χ1n) is 7.70. The molecule has 1 aromatic carbocycles. The van der Waals surface area contributed by atoms with E-state index in [1.807, 2.05) is 0 Å². The molecule has 1 aromatic rings. The Morgan fingerprint density at radius 2 is 2.00 bits per heavy atom. The Kier molecular flexibility index (Phi) is 3.67. The first kappa shape index (κ1) is 15.7. The third-order valence-electron chi connectivity index (χ3n) is 4.85. The number of nitrogens with one attached hydrogen (secondary N) is 1. The minimum absolute atomic E-state index is 0.234. The normalized spacial score (nSPS) is 29.5. The molecular formula is C17H22F2N2S. The minimum atomic E-state index is -0.615. The highest BCUT2D eigenvalue weighted by Crippen LogP contribution is 2.52. The Morgan fingerprint density at radius 3 is 2.68 bits per heavy atom. The van der Waals surface area contributed by atoms with Crippen LogP contribution in [0.25, 0.3) is 0 Å². The first-order valence-corrected chi connectivity index (χ1v) is 8.11. The molecule has 2 atom stereocenters. The SMILES string of the molecule is CC1(C)CC2CC(C)(CN2C(=S)Nc2ccc(F)cc2F)C1. The van der Waals surface area contributed by atoms with Crippen molar-refractivity contribution in [2.45, 2.75) is 46.1 Å². The summed E-state index contributed by atoms with van der Waals surface area (Å²) in [6.07, 6.45) is 3.40. The van der Waals surface area contributed by atoms with Crippen LogP contribution in [0.15, 0.2) is 18.2 Å². The second-order valence-corrected chi connectivity index (χ2v) is 8.28. The number of rotatable bonds is 1. The van der Waals surface area contributed by atoms with Crippen molar-refractivity contribution in [3.8, 4) is 0 Å². The fraction of sp³-hybridized carbons (Fsp3) is 0.588. The number of thiocarbonyl (C=S) groups is 1. The molecule has 0 aromatic heterocycles. The van der Waals surface area contributed by atoms with E-state index in [0.717, 1.165) is 25.5 Å². The summed E-state index contributed by atoms with van der Waals surface area (Å²) in [5, 5.41) is 3.49. The summed E-state index contributed by atoms with van der Waals surface area (Å²) in [4.78, 5) is 2.19. The lowest BCUT2D eigenvalue weighted by Gasteiger charge is -2.39. The van der Waals surface area contributed by atoms with Gasteiger partial charge in [-0.05, 0) is 54.4 Å². The highest BCUT2D eigenvalue weighted by molar-refractivity contribution is 7.80. The Labute approximate surface area is 135 Å². The predicted molar refractivity (Wildman–Crippen MR) is 88.8 cm³/mol. The smallest absolute Gasteiger partial charge is 0.173 e. The molecule has 1 heterocycles. The zero-order valence-corrected chi connectivity index (χ0v) is 14.1. The maximum Gasteiger partial charge on any atom is 0.173 e. The van der Waals surface area contributed by atoms with E-state index in [9.17, 15) is 8.78 Å². The van der Waals surface area contributed by atoms with Crippen LogP contribution in [0.4, 0.5) is 14.5 Å². The molecular weight excluding hydrogens is 302 g/mol. The molecule has 1 saturated carbocycles. The predicted octanol–water partition coefficient (Wildman–Crippen LogP) is 4.56. The van der Waals surface area contributed by atoms with Gasteiger partial charge >= 0.3 is 0 Å². The van der Waals surface area contributed by atoms with Gasteiger partial charge in [-0.3, -0.25) is 0 Å². The fourth-order valence-electron chi connectivity index (χ4n) is 4.48. The topological polar surface area (TPSA) is 15.3 Å². The summed E-state index contributed by atoms with van der Waals surface area (Å²) in [7, 11) is 0. The minimum Gasteiger partial charge on any atom is -0.345 e. The van der Waals surface area contributed by atoms with Crippen LogP contribution in [0.2, 0.25) is 0 Å². The van der Waals surface area contributed by atoms with Crippen LogP contribution in [-0.4, -0.2) is 22.6 Å². The molecule has 0 radical (unpaired) electrons. The van der Waals surface area contributed by atoms with E-state index in [2.05, 4.69) is 31.0 Å². The van der Waals surface area contributed by atoms with Gasteiger partial charge in [0.15, 0.2) is 5.11 Å². The quantitative estimate of drug-likeness (QED) is 0.762. The molecule has 22 heavy (non-hydrogen) atoms. The van der Waals surface area contributed by atoms with E-state index in [0.29, 0.717) is 16.6 Å². The molecule has 0 spiro atoms. The van der Waals surface area contributed by atoms with Crippen molar-refractivity contribution in [3.05, 3.63) is 29.8 Å². The van der Waals surface area contributed by atoms with Gasteiger partial charge in [0, 0.05) is 18.7 Å². The van der Waals surface area contributed by atoms with Crippen molar-refractivity contribution in [2.75, 3.05) is 11.9 Å². The molecule has 1 saturated heterocycles. The van der Waals surface area contributed by atoms with Gasteiger partial charge in [0.25, 0.3) is 0 Å². The number of halogens is 2. The van der Waals surface area contributed by atoms with Gasteiger partial charge in [-0.15, -0.1) is 0 Å². The molecule has 1 aliphatic heterocycles. The molecule has 2 nitrogen and oxygen atoms in total. The monoisotopic (exact) mass is 324 g/mol. The van der Waals surface area contributed by atoms with Gasteiger partial charge in [0.05, 0.1) is 5.69 Å². The van der Waals surface area contributed by atoms with Crippen molar-refractivity contribution < 1.29 is 8.78 Å². The molecule has 5 heteroatoms. The Balaban J connectivity index is 1.76. The van der Waals surface area contributed by atoms with Crippen molar-refractivity contribution in [2.24, 2.45) is 10.8 Å². The second-order valence-electron chi connectivity index (χ2n) is 7.90. The van der Waals surface area contributed by atoms with Gasteiger partial charge in [0.1, 0.15) is 11.6 Å². The van der Waals surface area contributed by atoms with E-state index in [1.165, 1.54) is 18.6 Å². The van der Waals surface area contributed by atoms with Crippen LogP contribution in [0, 0.1) is 22.5 Å². The van der Waals surface area contributed by atoms with Crippen LogP contribution in [0.3, 0.4) is 0 Å². The number of hydrogen-bond donors (Lipinski definition) is 1. The van der Waals surface area contributed by atoms with Crippen LogP contribution in [0.1, 0.15) is 40.0 Å². The maximum atomic E-state index is 13.8. The number of anilines is 1. The number of benzene rings is 1. The van der Waals surface area contributed by atoms with Gasteiger partial charge in [-0.25, -0.2) is 8.78 Å².